The van der Waals surface area contributed by atoms with Crippen molar-refractivity contribution in [1.29, 1.82) is 0 Å². The molecule has 0 radical (unpaired) electrons. The quantitative estimate of drug-likeness (QED) is 0.747. The third kappa shape index (κ3) is 2.14. The molecule has 5 aliphatic carbocycles. The third-order valence-electron chi connectivity index (χ3n) is 8.10. The van der Waals surface area contributed by atoms with E-state index in [1.54, 1.807) is 4.90 Å². The van der Waals surface area contributed by atoms with E-state index in [1.165, 1.54) is 32.1 Å². The maximum atomic E-state index is 12.9. The lowest BCUT2D eigenvalue weighted by molar-refractivity contribution is -0.146. The van der Waals surface area contributed by atoms with Gasteiger partial charge in [0.1, 0.15) is 0 Å². The average molecular weight is 330 g/mol. The van der Waals surface area contributed by atoms with Gasteiger partial charge in [-0.2, -0.15) is 0 Å². The van der Waals surface area contributed by atoms with Crippen molar-refractivity contribution in [2.45, 2.75) is 70.3 Å². The highest BCUT2D eigenvalue weighted by Gasteiger charge is 2.54. The van der Waals surface area contributed by atoms with E-state index in [0.717, 1.165) is 49.4 Å². The first-order chi connectivity index (χ1) is 11.6. The third-order valence-corrected chi connectivity index (χ3v) is 8.10. The van der Waals surface area contributed by atoms with Crippen LogP contribution in [0.25, 0.3) is 0 Å². The van der Waals surface area contributed by atoms with Crippen molar-refractivity contribution in [1.82, 2.24) is 9.80 Å². The summed E-state index contributed by atoms with van der Waals surface area (Å²) in [5.74, 6) is 3.76. The Balaban J connectivity index is 1.31. The minimum absolute atomic E-state index is 0.0811. The first-order valence-electron chi connectivity index (χ1n) is 10.1. The summed E-state index contributed by atoms with van der Waals surface area (Å²) in [6.45, 7) is 0.534. The topological polar surface area (TPSA) is 40.6 Å². The molecular weight excluding hydrogens is 300 g/mol. The monoisotopic (exact) mass is 330 g/mol. The second-order valence-corrected chi connectivity index (χ2v) is 9.61. The molecule has 0 N–H and O–H groups in total. The van der Waals surface area contributed by atoms with Crippen LogP contribution in [0.15, 0.2) is 0 Å². The van der Waals surface area contributed by atoms with Crippen LogP contribution in [0.2, 0.25) is 0 Å². The largest absolute Gasteiger partial charge is 0.285 e. The van der Waals surface area contributed by atoms with Gasteiger partial charge in [0, 0.05) is 12.5 Å². The zero-order valence-electron chi connectivity index (χ0n) is 14.9. The predicted molar refractivity (Wildman–Crippen MR) is 90.8 cm³/mol. The van der Waals surface area contributed by atoms with E-state index in [1.807, 2.05) is 0 Å². The molecule has 0 aromatic carbocycles. The lowest BCUT2D eigenvalue weighted by atomic mass is 9.54. The van der Waals surface area contributed by atoms with Gasteiger partial charge in [-0.3, -0.25) is 19.4 Å². The standard InChI is InChI=1S/C20H30N2O2/c1-21(18-15-7-13-6-14(9-15)10-16(18)8-13)12-22-17(23)11-20(19(22)24)4-2-3-5-20/h13-16,18H,2-12H2,1H3. The first-order valence-corrected chi connectivity index (χ1v) is 10.1. The Morgan fingerprint density at radius 2 is 1.58 bits per heavy atom. The molecule has 1 aliphatic heterocycles. The van der Waals surface area contributed by atoms with Crippen LogP contribution in [-0.2, 0) is 9.59 Å². The molecule has 0 atom stereocenters. The smallest absolute Gasteiger partial charge is 0.237 e. The number of nitrogens with zero attached hydrogens (tertiary/aromatic N) is 2. The van der Waals surface area contributed by atoms with Crippen LogP contribution in [0, 0.1) is 29.1 Å². The van der Waals surface area contributed by atoms with Crippen molar-refractivity contribution in [3.05, 3.63) is 0 Å². The van der Waals surface area contributed by atoms with Gasteiger partial charge in [-0.25, -0.2) is 0 Å². The van der Waals surface area contributed by atoms with Gasteiger partial charge in [0.15, 0.2) is 0 Å². The molecule has 6 rings (SSSR count). The van der Waals surface area contributed by atoms with Crippen LogP contribution < -0.4 is 0 Å². The van der Waals surface area contributed by atoms with Crippen LogP contribution in [0.5, 0.6) is 0 Å². The van der Waals surface area contributed by atoms with E-state index >= 15 is 0 Å². The minimum atomic E-state index is -0.317. The highest BCUT2D eigenvalue weighted by molar-refractivity contribution is 6.06. The lowest BCUT2D eigenvalue weighted by Gasteiger charge is -2.57. The van der Waals surface area contributed by atoms with Crippen molar-refractivity contribution >= 4 is 11.8 Å². The van der Waals surface area contributed by atoms with E-state index < -0.39 is 0 Å². The summed E-state index contributed by atoms with van der Waals surface area (Å²) in [5, 5.41) is 0. The van der Waals surface area contributed by atoms with Gasteiger partial charge in [-0.15, -0.1) is 0 Å². The number of hydrogen-bond acceptors (Lipinski definition) is 3. The summed E-state index contributed by atoms with van der Waals surface area (Å²) in [6.07, 6.45) is 11.5. The molecule has 1 heterocycles. The fraction of sp³-hybridized carbons (Fsp3) is 0.900. The molecule has 0 unspecified atom stereocenters. The Morgan fingerprint density at radius 1 is 1.00 bits per heavy atom. The predicted octanol–water partition coefficient (Wildman–Crippen LogP) is 3.02. The fourth-order valence-corrected chi connectivity index (χ4v) is 7.38. The highest BCUT2D eigenvalue weighted by atomic mass is 16.2. The Hall–Kier alpha value is -0.900. The SMILES string of the molecule is CN(CN1C(=O)CC2(CCCC2)C1=O)C1C2CC3CC(C2)CC1C3. The van der Waals surface area contributed by atoms with Crippen molar-refractivity contribution in [3.63, 3.8) is 0 Å². The molecule has 132 valence electrons. The number of carbonyl (C=O) groups is 2. The molecule has 24 heavy (non-hydrogen) atoms. The summed E-state index contributed by atoms with van der Waals surface area (Å²) < 4.78 is 0. The summed E-state index contributed by atoms with van der Waals surface area (Å²) in [6, 6.07) is 0.596. The summed E-state index contributed by atoms with van der Waals surface area (Å²) in [5.41, 5.74) is -0.317. The Morgan fingerprint density at radius 3 is 2.17 bits per heavy atom. The van der Waals surface area contributed by atoms with Gasteiger partial charge in [0.05, 0.1) is 12.1 Å². The van der Waals surface area contributed by atoms with Crippen LogP contribution >= 0.6 is 0 Å². The molecule has 1 spiro atoms. The minimum Gasteiger partial charge on any atom is -0.285 e. The van der Waals surface area contributed by atoms with Crippen LogP contribution in [0.1, 0.15) is 64.2 Å². The number of carbonyl (C=O) groups excluding carboxylic acids is 2. The maximum Gasteiger partial charge on any atom is 0.237 e. The number of likely N-dealkylation sites (tertiary alicyclic amines) is 1. The second-order valence-electron chi connectivity index (χ2n) is 9.61. The zero-order chi connectivity index (χ0) is 16.5. The van der Waals surface area contributed by atoms with Crippen LogP contribution in [-0.4, -0.2) is 41.4 Å². The summed E-state index contributed by atoms with van der Waals surface area (Å²) in [7, 11) is 2.16. The highest BCUT2D eigenvalue weighted by Crippen LogP contribution is 2.55. The molecule has 2 amide bonds. The van der Waals surface area contributed by atoms with Crippen molar-refractivity contribution in [2.75, 3.05) is 13.7 Å². The molecule has 0 aromatic rings. The van der Waals surface area contributed by atoms with Gasteiger partial charge < -0.3 is 0 Å². The van der Waals surface area contributed by atoms with Gasteiger partial charge in [0.25, 0.3) is 0 Å². The number of rotatable bonds is 3. The number of hydrogen-bond donors (Lipinski definition) is 0. The van der Waals surface area contributed by atoms with E-state index in [4.69, 9.17) is 0 Å². The molecule has 6 fully saturated rings. The van der Waals surface area contributed by atoms with E-state index in [9.17, 15) is 9.59 Å². The van der Waals surface area contributed by atoms with Crippen molar-refractivity contribution < 1.29 is 9.59 Å². The molecule has 1 saturated heterocycles. The Kier molecular flexibility index (Phi) is 3.39. The number of imide groups is 1. The normalized spacial score (nSPS) is 42.9. The Labute approximate surface area is 144 Å². The maximum absolute atomic E-state index is 12.9. The van der Waals surface area contributed by atoms with Gasteiger partial charge in [-0.05, 0) is 75.7 Å². The van der Waals surface area contributed by atoms with Gasteiger partial charge >= 0.3 is 0 Å². The van der Waals surface area contributed by atoms with Gasteiger partial charge in [0.2, 0.25) is 11.8 Å². The lowest BCUT2D eigenvalue weighted by Crippen LogP contribution is -2.57. The molecule has 5 saturated carbocycles. The van der Waals surface area contributed by atoms with Crippen molar-refractivity contribution in [3.8, 4) is 0 Å². The summed E-state index contributed by atoms with van der Waals surface area (Å²) >= 11 is 0. The van der Waals surface area contributed by atoms with Gasteiger partial charge in [-0.1, -0.05) is 12.8 Å². The molecule has 6 aliphatic rings. The number of amides is 2. The zero-order valence-corrected chi connectivity index (χ0v) is 14.9. The van der Waals surface area contributed by atoms with E-state index in [-0.39, 0.29) is 17.2 Å². The molecule has 4 bridgehead atoms. The molecule has 0 aromatic heterocycles. The van der Waals surface area contributed by atoms with Crippen LogP contribution in [0.4, 0.5) is 0 Å². The average Bonchev–Trinajstić information content (AvgIpc) is 3.08. The molecular formula is C20H30N2O2. The molecule has 4 heteroatoms. The van der Waals surface area contributed by atoms with Crippen molar-refractivity contribution in [2.24, 2.45) is 29.1 Å². The fourth-order valence-electron chi connectivity index (χ4n) is 7.38. The van der Waals surface area contributed by atoms with E-state index in [0.29, 0.717) is 19.1 Å². The van der Waals surface area contributed by atoms with Crippen LogP contribution in [0.3, 0.4) is 0 Å². The second kappa shape index (κ2) is 5.30. The van der Waals surface area contributed by atoms with E-state index in [2.05, 4.69) is 11.9 Å². The summed E-state index contributed by atoms with van der Waals surface area (Å²) in [4.78, 5) is 29.5. The Bertz CT molecular complexity index is 538. The molecule has 4 nitrogen and oxygen atoms in total. The first kappa shape index (κ1) is 15.4.